The summed E-state index contributed by atoms with van der Waals surface area (Å²) in [6.45, 7) is 0. The molecule has 1 heterocycles. The molecule has 28 heavy (non-hydrogen) atoms. The van der Waals surface area contributed by atoms with E-state index < -0.39 is 0 Å². The van der Waals surface area contributed by atoms with Gasteiger partial charge in [-0.15, -0.1) is 0 Å². The molecule has 0 saturated heterocycles. The zero-order valence-corrected chi connectivity index (χ0v) is 18.2. The Hall–Kier alpha value is -2.50. The molecule has 0 saturated carbocycles. The molecule has 138 valence electrons. The number of rotatable bonds is 4. The molecule has 0 aliphatic carbocycles. The molecule has 5 heteroatoms. The molecular formula is C23H16Br2N2O. The summed E-state index contributed by atoms with van der Waals surface area (Å²) in [7, 11) is 1.66. The van der Waals surface area contributed by atoms with Crippen LogP contribution in [0.3, 0.4) is 0 Å². The molecule has 0 spiro atoms. The summed E-state index contributed by atoms with van der Waals surface area (Å²) >= 11 is 6.98. The summed E-state index contributed by atoms with van der Waals surface area (Å²) in [4.78, 5) is 9.65. The van der Waals surface area contributed by atoms with E-state index >= 15 is 0 Å². The van der Waals surface area contributed by atoms with Gasteiger partial charge in [-0.1, -0.05) is 56.1 Å². The molecule has 0 atom stereocenters. The van der Waals surface area contributed by atoms with Gasteiger partial charge in [0.2, 0.25) is 0 Å². The van der Waals surface area contributed by atoms with Crippen LogP contribution in [-0.4, -0.2) is 17.1 Å². The lowest BCUT2D eigenvalue weighted by Gasteiger charge is -2.10. The predicted molar refractivity (Wildman–Crippen MR) is 120 cm³/mol. The van der Waals surface area contributed by atoms with Crippen molar-refractivity contribution in [3.05, 3.63) is 87.8 Å². The summed E-state index contributed by atoms with van der Waals surface area (Å²) < 4.78 is 7.33. The van der Waals surface area contributed by atoms with Crippen molar-refractivity contribution in [1.82, 2.24) is 9.97 Å². The zero-order valence-electron chi connectivity index (χ0n) is 15.1. The summed E-state index contributed by atoms with van der Waals surface area (Å²) in [6, 6.07) is 26.1. The van der Waals surface area contributed by atoms with Gasteiger partial charge in [0.25, 0.3) is 0 Å². The molecule has 0 unspecified atom stereocenters. The van der Waals surface area contributed by atoms with Gasteiger partial charge in [0.05, 0.1) is 18.5 Å². The fraction of sp³-hybridized carbons (Fsp3) is 0.0435. The molecule has 1 aromatic heterocycles. The highest BCUT2D eigenvalue weighted by atomic mass is 79.9. The number of hydrogen-bond acceptors (Lipinski definition) is 3. The molecule has 0 radical (unpaired) electrons. The minimum Gasteiger partial charge on any atom is -0.497 e. The first-order chi connectivity index (χ1) is 13.6. The highest BCUT2D eigenvalue weighted by molar-refractivity contribution is 9.10. The van der Waals surface area contributed by atoms with Gasteiger partial charge in [0, 0.05) is 25.6 Å². The lowest BCUT2D eigenvalue weighted by atomic mass is 10.1. The van der Waals surface area contributed by atoms with Crippen LogP contribution in [0.2, 0.25) is 0 Å². The van der Waals surface area contributed by atoms with Crippen molar-refractivity contribution < 1.29 is 4.74 Å². The van der Waals surface area contributed by atoms with Gasteiger partial charge >= 0.3 is 0 Å². The molecule has 0 fully saturated rings. The fourth-order valence-electron chi connectivity index (χ4n) is 2.85. The largest absolute Gasteiger partial charge is 0.497 e. The molecule has 3 nitrogen and oxygen atoms in total. The van der Waals surface area contributed by atoms with E-state index in [1.165, 1.54) is 0 Å². The molecule has 0 aliphatic rings. The number of ether oxygens (including phenoxy) is 1. The fourth-order valence-corrected chi connectivity index (χ4v) is 3.38. The highest BCUT2D eigenvalue weighted by Gasteiger charge is 2.11. The lowest BCUT2D eigenvalue weighted by Crippen LogP contribution is -1.96. The summed E-state index contributed by atoms with van der Waals surface area (Å²) in [5, 5.41) is 0. The van der Waals surface area contributed by atoms with E-state index in [2.05, 4.69) is 44.0 Å². The highest BCUT2D eigenvalue weighted by Crippen LogP contribution is 2.29. The SMILES string of the molecule is COc1ccc(-c2cc(-c3ccc(Br)cc3)nc(-c3ccc(Br)cc3)n2)cc1. The smallest absolute Gasteiger partial charge is 0.160 e. The van der Waals surface area contributed by atoms with Gasteiger partial charge in [0.1, 0.15) is 5.75 Å². The molecule has 0 N–H and O–H groups in total. The second-order valence-electron chi connectivity index (χ2n) is 6.20. The van der Waals surface area contributed by atoms with Crippen LogP contribution in [0.5, 0.6) is 5.75 Å². The predicted octanol–water partition coefficient (Wildman–Crippen LogP) is 7.01. The lowest BCUT2D eigenvalue weighted by molar-refractivity contribution is 0.415. The first kappa shape index (κ1) is 18.8. The van der Waals surface area contributed by atoms with E-state index in [1.54, 1.807) is 7.11 Å². The van der Waals surface area contributed by atoms with Gasteiger partial charge in [-0.05, 0) is 54.6 Å². The standard InChI is InChI=1S/C23H16Br2N2O/c1-28-20-12-6-16(7-13-20)22-14-21(15-2-8-18(24)9-3-15)26-23(27-22)17-4-10-19(25)11-5-17/h2-14H,1H3. The van der Waals surface area contributed by atoms with E-state index in [-0.39, 0.29) is 0 Å². The normalized spacial score (nSPS) is 10.7. The molecular weight excluding hydrogens is 480 g/mol. The second kappa shape index (κ2) is 8.25. The van der Waals surface area contributed by atoms with Crippen molar-refractivity contribution in [3.8, 4) is 39.7 Å². The molecule has 0 amide bonds. The van der Waals surface area contributed by atoms with Crippen LogP contribution < -0.4 is 4.74 Å². The zero-order chi connectivity index (χ0) is 19.5. The van der Waals surface area contributed by atoms with E-state index in [0.717, 1.165) is 42.8 Å². The number of nitrogens with zero attached hydrogens (tertiary/aromatic N) is 2. The van der Waals surface area contributed by atoms with E-state index in [0.29, 0.717) is 5.82 Å². The maximum absolute atomic E-state index is 5.27. The third-order valence-corrected chi connectivity index (χ3v) is 5.41. The molecule has 4 aromatic rings. The minimum atomic E-state index is 0.693. The van der Waals surface area contributed by atoms with Gasteiger partial charge < -0.3 is 4.74 Å². The van der Waals surface area contributed by atoms with Crippen molar-refractivity contribution in [3.63, 3.8) is 0 Å². The minimum absolute atomic E-state index is 0.693. The molecule has 0 aliphatic heterocycles. The van der Waals surface area contributed by atoms with Crippen LogP contribution in [0, 0.1) is 0 Å². The van der Waals surface area contributed by atoms with Crippen molar-refractivity contribution in [1.29, 1.82) is 0 Å². The Balaban J connectivity index is 1.86. The topological polar surface area (TPSA) is 35.0 Å². The second-order valence-corrected chi connectivity index (χ2v) is 8.04. The Kier molecular flexibility index (Phi) is 5.55. The first-order valence-electron chi connectivity index (χ1n) is 8.68. The summed E-state index contributed by atoms with van der Waals surface area (Å²) in [6.07, 6.45) is 0. The molecule has 4 rings (SSSR count). The van der Waals surface area contributed by atoms with Crippen molar-refractivity contribution in [2.24, 2.45) is 0 Å². The number of aromatic nitrogens is 2. The summed E-state index contributed by atoms with van der Waals surface area (Å²) in [5.74, 6) is 1.51. The maximum atomic E-state index is 5.27. The Labute approximate surface area is 180 Å². The summed E-state index contributed by atoms with van der Waals surface area (Å²) in [5.41, 5.74) is 4.77. The van der Waals surface area contributed by atoms with Crippen LogP contribution in [0.4, 0.5) is 0 Å². The van der Waals surface area contributed by atoms with E-state index in [9.17, 15) is 0 Å². The van der Waals surface area contributed by atoms with Gasteiger partial charge in [-0.2, -0.15) is 0 Å². The Morgan fingerprint density at radius 3 is 1.50 bits per heavy atom. The monoisotopic (exact) mass is 494 g/mol. The van der Waals surface area contributed by atoms with E-state index in [4.69, 9.17) is 14.7 Å². The Bertz CT molecular complexity index is 1030. The van der Waals surface area contributed by atoms with Crippen LogP contribution in [0.1, 0.15) is 0 Å². The Morgan fingerprint density at radius 2 is 1.04 bits per heavy atom. The number of hydrogen-bond donors (Lipinski definition) is 0. The van der Waals surface area contributed by atoms with Gasteiger partial charge in [-0.3, -0.25) is 0 Å². The maximum Gasteiger partial charge on any atom is 0.160 e. The van der Waals surface area contributed by atoms with Crippen LogP contribution >= 0.6 is 31.9 Å². The van der Waals surface area contributed by atoms with Crippen LogP contribution in [0.15, 0.2) is 87.8 Å². The average Bonchev–Trinajstić information content (AvgIpc) is 2.74. The third kappa shape index (κ3) is 4.16. The number of methoxy groups -OCH3 is 1. The third-order valence-electron chi connectivity index (χ3n) is 4.35. The average molecular weight is 496 g/mol. The van der Waals surface area contributed by atoms with Gasteiger partial charge in [-0.25, -0.2) is 9.97 Å². The number of benzene rings is 3. The number of halogens is 2. The van der Waals surface area contributed by atoms with Crippen molar-refractivity contribution in [2.75, 3.05) is 7.11 Å². The molecule has 0 bridgehead atoms. The van der Waals surface area contributed by atoms with Crippen molar-refractivity contribution >= 4 is 31.9 Å². The first-order valence-corrected chi connectivity index (χ1v) is 10.3. The van der Waals surface area contributed by atoms with Gasteiger partial charge in [0.15, 0.2) is 5.82 Å². The van der Waals surface area contributed by atoms with Crippen LogP contribution in [-0.2, 0) is 0 Å². The van der Waals surface area contributed by atoms with E-state index in [1.807, 2.05) is 66.7 Å². The van der Waals surface area contributed by atoms with Crippen molar-refractivity contribution in [2.45, 2.75) is 0 Å². The quantitative estimate of drug-likeness (QED) is 0.305. The van der Waals surface area contributed by atoms with Crippen LogP contribution in [0.25, 0.3) is 33.9 Å². The molecule has 3 aromatic carbocycles. The Morgan fingerprint density at radius 1 is 0.607 bits per heavy atom.